The Balaban J connectivity index is 1.97. The van der Waals surface area contributed by atoms with Crippen LogP contribution in [0.2, 0.25) is 0 Å². The molecule has 0 radical (unpaired) electrons. The second kappa shape index (κ2) is 6.19. The average Bonchev–Trinajstić information content (AvgIpc) is 3.27. The smallest absolute Gasteiger partial charge is 0.272 e. The molecule has 4 rings (SSSR count). The Morgan fingerprint density at radius 1 is 1.04 bits per heavy atom. The van der Waals surface area contributed by atoms with Crippen molar-refractivity contribution < 1.29 is 17.6 Å². The number of fused-ring (bicyclic) bond motifs is 1. The molecule has 27 heavy (non-hydrogen) atoms. The predicted octanol–water partition coefficient (Wildman–Crippen LogP) is 4.46. The first-order valence-electron chi connectivity index (χ1n) is 8.11. The summed E-state index contributed by atoms with van der Waals surface area (Å²) in [5, 5.41) is 8.00. The lowest BCUT2D eigenvalue weighted by Crippen LogP contribution is -2.07. The highest BCUT2D eigenvalue weighted by Gasteiger charge is 2.35. The maximum Gasteiger partial charge on any atom is 0.417 e. The number of nitrogens with zero attached hydrogens (tertiary/aromatic N) is 5. The topological polar surface area (TPSA) is 48.5 Å². The van der Waals surface area contributed by atoms with Crippen molar-refractivity contribution in [2.24, 2.45) is 0 Å². The fraction of sp³-hybridized carbons (Fsp3) is 0.167. The van der Waals surface area contributed by atoms with Gasteiger partial charge in [-0.1, -0.05) is 0 Å². The Labute approximate surface area is 150 Å². The van der Waals surface area contributed by atoms with Gasteiger partial charge in [-0.25, -0.2) is 14.1 Å². The van der Waals surface area contributed by atoms with Crippen LogP contribution in [0.5, 0.6) is 0 Å². The number of pyridine rings is 1. The van der Waals surface area contributed by atoms with E-state index in [9.17, 15) is 17.6 Å². The van der Waals surface area contributed by atoms with E-state index in [-0.39, 0.29) is 16.7 Å². The molecule has 1 aromatic carbocycles. The van der Waals surface area contributed by atoms with Crippen molar-refractivity contribution in [2.45, 2.75) is 19.6 Å². The van der Waals surface area contributed by atoms with E-state index in [2.05, 4.69) is 15.2 Å². The Morgan fingerprint density at radius 3 is 2.41 bits per heavy atom. The maximum atomic E-state index is 13.6. The molecule has 4 aromatic rings. The molecule has 0 amide bonds. The van der Waals surface area contributed by atoms with Gasteiger partial charge in [0.2, 0.25) is 0 Å². The largest absolute Gasteiger partial charge is 0.417 e. The van der Waals surface area contributed by atoms with Gasteiger partial charge >= 0.3 is 6.18 Å². The minimum atomic E-state index is -4.58. The van der Waals surface area contributed by atoms with Crippen molar-refractivity contribution in [3.63, 3.8) is 0 Å². The molecule has 3 heterocycles. The van der Waals surface area contributed by atoms with Gasteiger partial charge in [0.1, 0.15) is 5.82 Å². The second-order valence-electron chi connectivity index (χ2n) is 5.91. The van der Waals surface area contributed by atoms with Gasteiger partial charge in [0, 0.05) is 18.3 Å². The van der Waals surface area contributed by atoms with Gasteiger partial charge in [-0.05, 0) is 37.3 Å². The summed E-state index contributed by atoms with van der Waals surface area (Å²) in [6, 6.07) is 6.28. The lowest BCUT2D eigenvalue weighted by molar-refractivity contribution is -0.136. The molecule has 0 saturated heterocycles. The Bertz CT molecular complexity index is 1110. The van der Waals surface area contributed by atoms with Crippen LogP contribution in [-0.2, 0) is 12.7 Å². The molecule has 5 nitrogen and oxygen atoms in total. The number of alkyl halides is 3. The zero-order valence-corrected chi connectivity index (χ0v) is 14.1. The maximum absolute atomic E-state index is 13.6. The van der Waals surface area contributed by atoms with Crippen LogP contribution in [0.1, 0.15) is 12.5 Å². The van der Waals surface area contributed by atoms with Crippen molar-refractivity contribution in [1.29, 1.82) is 0 Å². The van der Waals surface area contributed by atoms with Crippen LogP contribution < -0.4 is 0 Å². The first-order chi connectivity index (χ1) is 12.9. The van der Waals surface area contributed by atoms with Gasteiger partial charge < -0.3 is 0 Å². The summed E-state index contributed by atoms with van der Waals surface area (Å²) >= 11 is 0. The number of halogens is 4. The third kappa shape index (κ3) is 3.05. The molecule has 0 unspecified atom stereocenters. The first kappa shape index (κ1) is 17.2. The summed E-state index contributed by atoms with van der Waals surface area (Å²) in [4.78, 5) is 4.38. The molecule has 0 aliphatic carbocycles. The van der Waals surface area contributed by atoms with Crippen molar-refractivity contribution in [3.8, 4) is 16.9 Å². The predicted molar refractivity (Wildman–Crippen MR) is 90.7 cm³/mol. The van der Waals surface area contributed by atoms with Crippen molar-refractivity contribution in [1.82, 2.24) is 24.5 Å². The highest BCUT2D eigenvalue weighted by Crippen LogP contribution is 2.37. The molecule has 0 N–H and O–H groups in total. The standard InChI is InChI=1S/C18H13F4N5/c1-2-26-10-11(8-23-26)16-7-15(18(20,21)22)14-9-24-27(17(14)25-16)13-5-3-12(19)4-6-13/h3-10H,2H2,1H3. The highest BCUT2D eigenvalue weighted by atomic mass is 19.4. The van der Waals surface area contributed by atoms with Crippen LogP contribution in [0.4, 0.5) is 17.6 Å². The molecule has 3 aromatic heterocycles. The minimum Gasteiger partial charge on any atom is -0.272 e. The van der Waals surface area contributed by atoms with E-state index in [4.69, 9.17) is 0 Å². The van der Waals surface area contributed by atoms with Gasteiger partial charge in [-0.15, -0.1) is 0 Å². The lowest BCUT2D eigenvalue weighted by atomic mass is 10.1. The lowest BCUT2D eigenvalue weighted by Gasteiger charge is -2.10. The zero-order valence-electron chi connectivity index (χ0n) is 14.1. The van der Waals surface area contributed by atoms with Crippen molar-refractivity contribution >= 4 is 11.0 Å². The number of hydrogen-bond acceptors (Lipinski definition) is 3. The molecule has 138 valence electrons. The van der Waals surface area contributed by atoms with E-state index in [1.165, 1.54) is 35.1 Å². The Hall–Kier alpha value is -3.23. The van der Waals surface area contributed by atoms with Crippen LogP contribution >= 0.6 is 0 Å². The van der Waals surface area contributed by atoms with Gasteiger partial charge in [0.05, 0.1) is 34.7 Å². The van der Waals surface area contributed by atoms with E-state index in [1.807, 2.05) is 6.92 Å². The van der Waals surface area contributed by atoms with Crippen molar-refractivity contribution in [2.75, 3.05) is 0 Å². The molecule has 0 aliphatic rings. The number of aryl methyl sites for hydroxylation is 1. The zero-order chi connectivity index (χ0) is 19.2. The van der Waals surface area contributed by atoms with Crippen LogP contribution in [0.15, 0.2) is 48.9 Å². The van der Waals surface area contributed by atoms with Crippen LogP contribution in [0, 0.1) is 5.82 Å². The average molecular weight is 375 g/mol. The number of hydrogen-bond donors (Lipinski definition) is 0. The van der Waals surface area contributed by atoms with Crippen molar-refractivity contribution in [3.05, 3.63) is 60.3 Å². The third-order valence-electron chi connectivity index (χ3n) is 4.17. The van der Waals surface area contributed by atoms with E-state index < -0.39 is 17.6 Å². The van der Waals surface area contributed by atoms with E-state index in [0.717, 1.165) is 12.3 Å². The summed E-state index contributed by atoms with van der Waals surface area (Å²) in [5.74, 6) is -0.452. The molecule has 0 saturated carbocycles. The fourth-order valence-electron chi connectivity index (χ4n) is 2.82. The summed E-state index contributed by atoms with van der Waals surface area (Å²) in [5.41, 5.74) is 0.221. The number of aromatic nitrogens is 5. The van der Waals surface area contributed by atoms with E-state index >= 15 is 0 Å². The molecule has 9 heteroatoms. The molecular weight excluding hydrogens is 362 g/mol. The van der Waals surface area contributed by atoms with Gasteiger partial charge in [0.15, 0.2) is 5.65 Å². The minimum absolute atomic E-state index is 0.0377. The van der Waals surface area contributed by atoms with Crippen LogP contribution in [0.25, 0.3) is 28.0 Å². The highest BCUT2D eigenvalue weighted by molar-refractivity contribution is 5.84. The molecule has 0 spiro atoms. The van der Waals surface area contributed by atoms with Gasteiger partial charge in [0.25, 0.3) is 0 Å². The van der Waals surface area contributed by atoms with E-state index in [1.54, 1.807) is 10.9 Å². The Morgan fingerprint density at radius 2 is 1.78 bits per heavy atom. The molecular formula is C18H13F4N5. The monoisotopic (exact) mass is 375 g/mol. The summed E-state index contributed by atoms with van der Waals surface area (Å²) in [7, 11) is 0. The van der Waals surface area contributed by atoms with Gasteiger partial charge in [-0.3, -0.25) is 4.68 Å². The van der Waals surface area contributed by atoms with E-state index in [0.29, 0.717) is 17.8 Å². The number of rotatable bonds is 3. The third-order valence-corrected chi connectivity index (χ3v) is 4.17. The van der Waals surface area contributed by atoms with Crippen LogP contribution in [0.3, 0.4) is 0 Å². The normalized spacial score (nSPS) is 12.0. The summed E-state index contributed by atoms with van der Waals surface area (Å²) in [6.45, 7) is 2.46. The first-order valence-corrected chi connectivity index (χ1v) is 8.11. The molecule has 0 bridgehead atoms. The molecule has 0 atom stereocenters. The summed E-state index contributed by atoms with van der Waals surface area (Å²) in [6.07, 6.45) is -0.357. The Kier molecular flexibility index (Phi) is 3.94. The molecule has 0 aliphatic heterocycles. The number of benzene rings is 1. The van der Waals surface area contributed by atoms with Crippen LogP contribution in [-0.4, -0.2) is 24.5 Å². The van der Waals surface area contributed by atoms with Gasteiger partial charge in [-0.2, -0.15) is 23.4 Å². The SMILES string of the molecule is CCn1cc(-c2cc(C(F)(F)F)c3cnn(-c4ccc(F)cc4)c3n2)cn1. The second-order valence-corrected chi connectivity index (χ2v) is 5.91. The summed E-state index contributed by atoms with van der Waals surface area (Å²) < 4.78 is 56.9. The fourth-order valence-corrected chi connectivity index (χ4v) is 2.82. The quantitative estimate of drug-likeness (QED) is 0.497. The molecule has 0 fully saturated rings.